The van der Waals surface area contributed by atoms with Crippen LogP contribution in [0.3, 0.4) is 0 Å². The summed E-state index contributed by atoms with van der Waals surface area (Å²) in [7, 11) is 0. The molecule has 0 heterocycles. The number of hydrogen-bond acceptors (Lipinski definition) is 2. The van der Waals surface area contributed by atoms with Gasteiger partial charge in [-0.3, -0.25) is 4.84 Å². The van der Waals surface area contributed by atoms with Gasteiger partial charge in [0.25, 0.3) is 0 Å². The van der Waals surface area contributed by atoms with E-state index in [2.05, 4.69) is 17.6 Å². The smallest absolute Gasteiger partial charge is 0.0933 e. The molecular formula is C12H17NO. The highest BCUT2D eigenvalue weighted by Gasteiger charge is 2.16. The molecule has 2 rings (SSSR count). The topological polar surface area (TPSA) is 21.3 Å². The van der Waals surface area contributed by atoms with E-state index in [0.29, 0.717) is 6.61 Å². The maximum Gasteiger partial charge on any atom is 0.0933 e. The maximum atomic E-state index is 5.38. The summed E-state index contributed by atoms with van der Waals surface area (Å²) in [6.07, 6.45) is 4.12. The van der Waals surface area contributed by atoms with Crippen molar-refractivity contribution in [2.24, 2.45) is 5.92 Å². The lowest BCUT2D eigenvalue weighted by Crippen LogP contribution is -2.27. The first-order chi connectivity index (χ1) is 6.95. The summed E-state index contributed by atoms with van der Waals surface area (Å²) in [5.41, 5.74) is 4.25. The molecular weight excluding hydrogens is 174 g/mol. The van der Waals surface area contributed by atoms with Gasteiger partial charge >= 0.3 is 0 Å². The van der Waals surface area contributed by atoms with Crippen LogP contribution in [0, 0.1) is 5.92 Å². The number of rotatable bonds is 5. The molecule has 1 aromatic carbocycles. The average molecular weight is 191 g/mol. The highest BCUT2D eigenvalue weighted by molar-refractivity contribution is 5.13. The van der Waals surface area contributed by atoms with Crippen molar-refractivity contribution in [1.29, 1.82) is 0 Å². The van der Waals surface area contributed by atoms with Gasteiger partial charge in [-0.2, -0.15) is 0 Å². The van der Waals surface area contributed by atoms with Gasteiger partial charge in [0, 0.05) is 6.54 Å². The van der Waals surface area contributed by atoms with Crippen LogP contribution in [0.2, 0.25) is 0 Å². The molecule has 0 bridgehead atoms. The first kappa shape index (κ1) is 9.69. The molecule has 1 aromatic rings. The first-order valence-electron chi connectivity index (χ1n) is 5.34. The third-order valence-electron chi connectivity index (χ3n) is 2.78. The van der Waals surface area contributed by atoms with Crippen LogP contribution >= 0.6 is 0 Å². The van der Waals surface area contributed by atoms with Gasteiger partial charge in [0.1, 0.15) is 0 Å². The Labute approximate surface area is 85.2 Å². The van der Waals surface area contributed by atoms with E-state index in [-0.39, 0.29) is 0 Å². The minimum absolute atomic E-state index is 0.660. The van der Waals surface area contributed by atoms with Crippen LogP contribution in [-0.4, -0.2) is 6.54 Å². The van der Waals surface area contributed by atoms with E-state index >= 15 is 0 Å². The molecule has 0 aliphatic heterocycles. The van der Waals surface area contributed by atoms with Crippen LogP contribution in [-0.2, 0) is 11.4 Å². The van der Waals surface area contributed by atoms with Gasteiger partial charge in [0.15, 0.2) is 0 Å². The monoisotopic (exact) mass is 191 g/mol. The molecule has 0 radical (unpaired) electrons. The first-order valence-corrected chi connectivity index (χ1v) is 5.34. The van der Waals surface area contributed by atoms with Gasteiger partial charge in [0.05, 0.1) is 6.61 Å². The zero-order valence-electron chi connectivity index (χ0n) is 8.41. The Balaban J connectivity index is 1.58. The lowest BCUT2D eigenvalue weighted by atomic mass is 9.86. The second-order valence-electron chi connectivity index (χ2n) is 3.92. The molecule has 1 saturated carbocycles. The van der Waals surface area contributed by atoms with Crippen molar-refractivity contribution in [1.82, 2.24) is 5.48 Å². The lowest BCUT2D eigenvalue weighted by Gasteiger charge is -2.25. The van der Waals surface area contributed by atoms with E-state index in [4.69, 9.17) is 4.84 Å². The largest absolute Gasteiger partial charge is 0.297 e. The number of nitrogens with one attached hydrogen (secondary N) is 1. The summed E-state index contributed by atoms with van der Waals surface area (Å²) < 4.78 is 0. The molecule has 1 fully saturated rings. The second kappa shape index (κ2) is 5.13. The standard InChI is InChI=1S/C12H17NO/c1-2-5-12(6-3-1)10-14-13-9-11-7-4-8-11/h1-3,5-6,11,13H,4,7-10H2. The van der Waals surface area contributed by atoms with Gasteiger partial charge in [0.2, 0.25) is 0 Å². The molecule has 0 saturated heterocycles. The zero-order chi connectivity index (χ0) is 9.64. The third-order valence-corrected chi connectivity index (χ3v) is 2.78. The normalized spacial score (nSPS) is 16.6. The van der Waals surface area contributed by atoms with Crippen molar-refractivity contribution < 1.29 is 4.84 Å². The van der Waals surface area contributed by atoms with Crippen LogP contribution in [0.5, 0.6) is 0 Å². The van der Waals surface area contributed by atoms with Crippen LogP contribution in [0.1, 0.15) is 24.8 Å². The molecule has 2 nitrogen and oxygen atoms in total. The van der Waals surface area contributed by atoms with Gasteiger partial charge in [-0.05, 0) is 24.3 Å². The van der Waals surface area contributed by atoms with Crippen molar-refractivity contribution >= 4 is 0 Å². The molecule has 0 unspecified atom stereocenters. The third kappa shape index (κ3) is 2.82. The van der Waals surface area contributed by atoms with Crippen molar-refractivity contribution in [3.05, 3.63) is 35.9 Å². The number of benzene rings is 1. The van der Waals surface area contributed by atoms with Crippen molar-refractivity contribution in [3.8, 4) is 0 Å². The van der Waals surface area contributed by atoms with Crippen molar-refractivity contribution in [2.45, 2.75) is 25.9 Å². The van der Waals surface area contributed by atoms with E-state index in [0.717, 1.165) is 12.5 Å². The molecule has 0 aromatic heterocycles. The second-order valence-corrected chi connectivity index (χ2v) is 3.92. The molecule has 0 atom stereocenters. The summed E-state index contributed by atoms with van der Waals surface area (Å²) in [6, 6.07) is 10.2. The summed E-state index contributed by atoms with van der Waals surface area (Å²) in [5.74, 6) is 0.853. The molecule has 0 amide bonds. The van der Waals surface area contributed by atoms with Gasteiger partial charge in [-0.25, -0.2) is 5.48 Å². The Hall–Kier alpha value is -0.860. The highest BCUT2D eigenvalue weighted by atomic mass is 16.6. The summed E-state index contributed by atoms with van der Waals surface area (Å²) >= 11 is 0. The lowest BCUT2D eigenvalue weighted by molar-refractivity contribution is 0.0124. The Bertz CT molecular complexity index is 256. The summed E-state index contributed by atoms with van der Waals surface area (Å²) in [5, 5.41) is 0. The number of hydrogen-bond donors (Lipinski definition) is 1. The Morgan fingerprint density at radius 2 is 2.00 bits per heavy atom. The molecule has 0 spiro atoms. The van der Waals surface area contributed by atoms with Gasteiger partial charge in [-0.1, -0.05) is 36.8 Å². The molecule has 1 aliphatic rings. The molecule has 2 heteroatoms. The van der Waals surface area contributed by atoms with Gasteiger partial charge < -0.3 is 0 Å². The van der Waals surface area contributed by atoms with Crippen LogP contribution in [0.4, 0.5) is 0 Å². The fourth-order valence-corrected chi connectivity index (χ4v) is 1.58. The van der Waals surface area contributed by atoms with Crippen LogP contribution in [0.15, 0.2) is 30.3 Å². The summed E-state index contributed by atoms with van der Waals surface area (Å²) in [6.45, 7) is 1.67. The maximum absolute atomic E-state index is 5.38. The fraction of sp³-hybridized carbons (Fsp3) is 0.500. The van der Waals surface area contributed by atoms with Crippen LogP contribution < -0.4 is 5.48 Å². The van der Waals surface area contributed by atoms with E-state index in [1.165, 1.54) is 24.8 Å². The van der Waals surface area contributed by atoms with E-state index in [9.17, 15) is 0 Å². The van der Waals surface area contributed by atoms with Gasteiger partial charge in [-0.15, -0.1) is 0 Å². The predicted octanol–water partition coefficient (Wildman–Crippen LogP) is 2.51. The predicted molar refractivity (Wildman–Crippen MR) is 56.6 cm³/mol. The minimum atomic E-state index is 0.660. The average Bonchev–Trinajstić information content (AvgIpc) is 2.16. The SMILES string of the molecule is c1ccc(CONCC2CCC2)cc1. The molecule has 1 aliphatic carbocycles. The quantitative estimate of drug-likeness (QED) is 0.570. The Morgan fingerprint density at radius 3 is 2.64 bits per heavy atom. The van der Waals surface area contributed by atoms with E-state index < -0.39 is 0 Å². The summed E-state index contributed by atoms with van der Waals surface area (Å²) in [4.78, 5) is 5.38. The fourth-order valence-electron chi connectivity index (χ4n) is 1.58. The van der Waals surface area contributed by atoms with E-state index in [1.807, 2.05) is 18.2 Å². The van der Waals surface area contributed by atoms with E-state index in [1.54, 1.807) is 0 Å². The Kier molecular flexibility index (Phi) is 3.55. The number of hydroxylamine groups is 1. The zero-order valence-corrected chi connectivity index (χ0v) is 8.41. The van der Waals surface area contributed by atoms with Crippen LogP contribution in [0.25, 0.3) is 0 Å². The van der Waals surface area contributed by atoms with Crippen molar-refractivity contribution in [3.63, 3.8) is 0 Å². The molecule has 76 valence electrons. The highest BCUT2D eigenvalue weighted by Crippen LogP contribution is 2.25. The van der Waals surface area contributed by atoms with Crippen molar-refractivity contribution in [2.75, 3.05) is 6.54 Å². The Morgan fingerprint density at radius 1 is 1.21 bits per heavy atom. The minimum Gasteiger partial charge on any atom is -0.297 e. The molecule has 14 heavy (non-hydrogen) atoms. The molecule has 1 N–H and O–H groups in total.